The fourth-order valence-corrected chi connectivity index (χ4v) is 3.74. The molecule has 0 fully saturated rings. The molecule has 1 N–H and O–H groups in total. The number of hydrogen-bond donors (Lipinski definition) is 1. The maximum absolute atomic E-state index is 12.2. The van der Waals surface area contributed by atoms with E-state index in [1.807, 2.05) is 47.9 Å². The number of nitrogens with one attached hydrogen (secondary N) is 1. The predicted molar refractivity (Wildman–Crippen MR) is 105 cm³/mol. The van der Waals surface area contributed by atoms with Crippen molar-refractivity contribution in [1.82, 2.24) is 14.8 Å². The number of amides is 1. The number of carbonyl (C=O) groups excluding carboxylic acids is 1. The first-order chi connectivity index (χ1) is 12.0. The quantitative estimate of drug-likeness (QED) is 0.587. The van der Waals surface area contributed by atoms with Crippen molar-refractivity contribution in [2.75, 3.05) is 11.1 Å². The second kappa shape index (κ2) is 8.03. The van der Waals surface area contributed by atoms with E-state index < -0.39 is 0 Å². The van der Waals surface area contributed by atoms with Crippen molar-refractivity contribution in [3.8, 4) is 5.69 Å². The predicted octanol–water partition coefficient (Wildman–Crippen LogP) is 4.72. The maximum atomic E-state index is 12.2. The van der Waals surface area contributed by atoms with E-state index in [0.717, 1.165) is 16.0 Å². The second-order valence-electron chi connectivity index (χ2n) is 5.16. The first-order valence-electron chi connectivity index (χ1n) is 7.40. The Kier molecular flexibility index (Phi) is 5.78. The molecule has 0 radical (unpaired) electrons. The highest BCUT2D eigenvalue weighted by Crippen LogP contribution is 2.26. The van der Waals surface area contributed by atoms with Crippen molar-refractivity contribution in [3.05, 3.63) is 63.9 Å². The Morgan fingerprint density at radius 2 is 2.00 bits per heavy atom. The zero-order valence-corrected chi connectivity index (χ0v) is 16.4. The summed E-state index contributed by atoms with van der Waals surface area (Å²) in [6.45, 7) is 1.88. The third kappa shape index (κ3) is 4.42. The molecule has 3 aromatic rings. The van der Waals surface area contributed by atoms with Gasteiger partial charge in [-0.15, -0.1) is 10.2 Å². The lowest BCUT2D eigenvalue weighted by molar-refractivity contribution is -0.113. The molecular formula is C17H14BrClN4OS. The fraction of sp³-hybridized carbons (Fsp3) is 0.118. The van der Waals surface area contributed by atoms with Crippen LogP contribution in [0, 0.1) is 6.92 Å². The van der Waals surface area contributed by atoms with E-state index in [1.165, 1.54) is 11.8 Å². The van der Waals surface area contributed by atoms with Gasteiger partial charge in [-0.1, -0.05) is 57.5 Å². The van der Waals surface area contributed by atoms with E-state index in [9.17, 15) is 4.79 Å². The Labute approximate surface area is 162 Å². The summed E-state index contributed by atoms with van der Waals surface area (Å²) in [6, 6.07) is 15.1. The van der Waals surface area contributed by atoms with Gasteiger partial charge in [0.05, 0.1) is 16.5 Å². The maximum Gasteiger partial charge on any atom is 0.234 e. The number of para-hydroxylation sites is 1. The molecule has 0 atom stereocenters. The summed E-state index contributed by atoms with van der Waals surface area (Å²) < 4.78 is 2.78. The highest BCUT2D eigenvalue weighted by Gasteiger charge is 2.14. The zero-order valence-electron chi connectivity index (χ0n) is 13.2. The van der Waals surface area contributed by atoms with Gasteiger partial charge in [0.15, 0.2) is 5.16 Å². The van der Waals surface area contributed by atoms with Crippen LogP contribution in [0.25, 0.3) is 5.69 Å². The lowest BCUT2D eigenvalue weighted by Crippen LogP contribution is -2.15. The van der Waals surface area contributed by atoms with E-state index in [-0.39, 0.29) is 11.7 Å². The zero-order chi connectivity index (χ0) is 17.8. The number of aryl methyl sites for hydroxylation is 1. The molecule has 8 heteroatoms. The number of thioether (sulfide) groups is 1. The number of carbonyl (C=O) groups is 1. The molecule has 3 rings (SSSR count). The van der Waals surface area contributed by atoms with Gasteiger partial charge in [0, 0.05) is 10.2 Å². The van der Waals surface area contributed by atoms with E-state index >= 15 is 0 Å². The van der Waals surface area contributed by atoms with Crippen LogP contribution in [0.4, 0.5) is 5.69 Å². The molecular weight excluding hydrogens is 424 g/mol. The van der Waals surface area contributed by atoms with Crippen LogP contribution in [0.15, 0.2) is 58.2 Å². The summed E-state index contributed by atoms with van der Waals surface area (Å²) in [7, 11) is 0. The van der Waals surface area contributed by atoms with Crippen molar-refractivity contribution in [2.24, 2.45) is 0 Å². The smallest absolute Gasteiger partial charge is 0.234 e. The Hall–Kier alpha value is -1.83. The van der Waals surface area contributed by atoms with Crippen LogP contribution in [0.2, 0.25) is 5.02 Å². The van der Waals surface area contributed by atoms with Crippen molar-refractivity contribution >= 4 is 50.9 Å². The highest BCUT2D eigenvalue weighted by molar-refractivity contribution is 9.10. The van der Waals surface area contributed by atoms with Crippen LogP contribution in [-0.2, 0) is 4.79 Å². The topological polar surface area (TPSA) is 59.8 Å². The molecule has 0 aliphatic heterocycles. The number of benzene rings is 2. The molecule has 25 heavy (non-hydrogen) atoms. The highest BCUT2D eigenvalue weighted by atomic mass is 79.9. The molecule has 0 spiro atoms. The number of halogens is 2. The normalized spacial score (nSPS) is 10.7. The molecule has 1 amide bonds. The summed E-state index contributed by atoms with van der Waals surface area (Å²) >= 11 is 10.8. The van der Waals surface area contributed by atoms with Crippen LogP contribution in [0.5, 0.6) is 0 Å². The van der Waals surface area contributed by atoms with Gasteiger partial charge in [0.1, 0.15) is 5.82 Å². The Morgan fingerprint density at radius 1 is 1.24 bits per heavy atom. The Bertz CT molecular complexity index is 901. The number of nitrogens with zero attached hydrogens (tertiary/aromatic N) is 3. The van der Waals surface area contributed by atoms with E-state index in [4.69, 9.17) is 11.6 Å². The molecule has 2 aromatic carbocycles. The summed E-state index contributed by atoms with van der Waals surface area (Å²) in [5.74, 6) is 0.816. The minimum atomic E-state index is -0.158. The minimum Gasteiger partial charge on any atom is -0.324 e. The molecule has 1 aromatic heterocycles. The number of hydrogen-bond acceptors (Lipinski definition) is 4. The van der Waals surface area contributed by atoms with Gasteiger partial charge < -0.3 is 5.32 Å². The van der Waals surface area contributed by atoms with Gasteiger partial charge >= 0.3 is 0 Å². The average molecular weight is 438 g/mol. The molecule has 0 aliphatic rings. The first-order valence-corrected chi connectivity index (χ1v) is 9.55. The third-order valence-corrected chi connectivity index (χ3v) is 5.08. The van der Waals surface area contributed by atoms with Gasteiger partial charge in [-0.05, 0) is 37.3 Å². The second-order valence-corrected chi connectivity index (χ2v) is 7.43. The molecule has 0 unspecified atom stereocenters. The van der Waals surface area contributed by atoms with Crippen LogP contribution in [0.1, 0.15) is 5.82 Å². The molecule has 0 bridgehead atoms. The summed E-state index contributed by atoms with van der Waals surface area (Å²) in [5, 5.41) is 12.2. The summed E-state index contributed by atoms with van der Waals surface area (Å²) in [6.07, 6.45) is 0. The Morgan fingerprint density at radius 3 is 2.72 bits per heavy atom. The van der Waals surface area contributed by atoms with Crippen molar-refractivity contribution in [2.45, 2.75) is 12.1 Å². The van der Waals surface area contributed by atoms with Crippen molar-refractivity contribution < 1.29 is 4.79 Å². The van der Waals surface area contributed by atoms with Gasteiger partial charge in [-0.25, -0.2) is 0 Å². The van der Waals surface area contributed by atoms with Gasteiger partial charge in [-0.3, -0.25) is 9.36 Å². The fourth-order valence-electron chi connectivity index (χ4n) is 2.22. The lowest BCUT2D eigenvalue weighted by atomic mass is 10.3. The SMILES string of the molecule is Cc1nnc(SCC(=O)Nc2ccc(Br)cc2Cl)n1-c1ccccc1. The third-order valence-electron chi connectivity index (χ3n) is 3.35. The van der Waals surface area contributed by atoms with Crippen LogP contribution < -0.4 is 5.32 Å². The standard InChI is InChI=1S/C17H14BrClN4OS/c1-11-21-22-17(23(11)13-5-3-2-4-6-13)25-10-16(24)20-15-8-7-12(18)9-14(15)19/h2-9H,10H2,1H3,(H,20,24). The van der Waals surface area contributed by atoms with Crippen LogP contribution in [-0.4, -0.2) is 26.4 Å². The van der Waals surface area contributed by atoms with E-state index in [1.54, 1.807) is 12.1 Å². The van der Waals surface area contributed by atoms with Gasteiger partial charge in [0.2, 0.25) is 5.91 Å². The van der Waals surface area contributed by atoms with E-state index in [0.29, 0.717) is 15.9 Å². The molecule has 128 valence electrons. The van der Waals surface area contributed by atoms with Gasteiger partial charge in [-0.2, -0.15) is 0 Å². The largest absolute Gasteiger partial charge is 0.324 e. The average Bonchev–Trinajstić information content (AvgIpc) is 2.97. The molecule has 5 nitrogen and oxygen atoms in total. The monoisotopic (exact) mass is 436 g/mol. The number of anilines is 1. The minimum absolute atomic E-state index is 0.158. The Balaban J connectivity index is 1.69. The molecule has 0 saturated heterocycles. The number of rotatable bonds is 5. The van der Waals surface area contributed by atoms with Crippen molar-refractivity contribution in [1.29, 1.82) is 0 Å². The van der Waals surface area contributed by atoms with E-state index in [2.05, 4.69) is 31.4 Å². The number of aromatic nitrogens is 3. The summed E-state index contributed by atoms with van der Waals surface area (Å²) in [5.41, 5.74) is 1.54. The lowest BCUT2D eigenvalue weighted by Gasteiger charge is -2.09. The molecule has 0 aliphatic carbocycles. The van der Waals surface area contributed by atoms with Gasteiger partial charge in [0.25, 0.3) is 0 Å². The molecule has 0 saturated carbocycles. The summed E-state index contributed by atoms with van der Waals surface area (Å²) in [4.78, 5) is 12.2. The first kappa shape index (κ1) is 18.0. The van der Waals surface area contributed by atoms with Crippen LogP contribution in [0.3, 0.4) is 0 Å². The van der Waals surface area contributed by atoms with Crippen LogP contribution >= 0.6 is 39.3 Å². The van der Waals surface area contributed by atoms with Crippen molar-refractivity contribution in [3.63, 3.8) is 0 Å². The molecule has 1 heterocycles.